The summed E-state index contributed by atoms with van der Waals surface area (Å²) in [6.07, 6.45) is 0. The summed E-state index contributed by atoms with van der Waals surface area (Å²) in [7, 11) is 0. The Bertz CT molecular complexity index is 732. The molecule has 0 heterocycles. The zero-order chi connectivity index (χ0) is 15.1. The Morgan fingerprint density at radius 2 is 1.29 bits per heavy atom. The van der Waals surface area contributed by atoms with Crippen LogP contribution >= 0.6 is 0 Å². The molecule has 0 spiro atoms. The summed E-state index contributed by atoms with van der Waals surface area (Å²) in [5, 5.41) is 0. The van der Waals surface area contributed by atoms with E-state index in [0.717, 1.165) is 11.1 Å². The Morgan fingerprint density at radius 1 is 0.810 bits per heavy atom. The molecule has 0 aliphatic rings. The molecule has 102 valence electrons. The van der Waals surface area contributed by atoms with Crippen molar-refractivity contribution in [2.24, 2.45) is 5.41 Å². The third kappa shape index (κ3) is 4.37. The minimum Gasteiger partial charge on any atom is -0.283 e. The predicted molar refractivity (Wildman–Crippen MR) is 85.4 cm³/mol. The van der Waals surface area contributed by atoms with E-state index in [9.17, 15) is 4.79 Å². The van der Waals surface area contributed by atoms with Crippen LogP contribution in [0.15, 0.2) is 60.7 Å². The first-order valence-electron chi connectivity index (χ1n) is 6.78. The van der Waals surface area contributed by atoms with Crippen LogP contribution in [0.3, 0.4) is 0 Å². The van der Waals surface area contributed by atoms with Crippen LogP contribution in [0.5, 0.6) is 0 Å². The minimum absolute atomic E-state index is 0.171. The van der Waals surface area contributed by atoms with Crippen LogP contribution < -0.4 is 0 Å². The third-order valence-corrected chi connectivity index (χ3v) is 2.95. The quantitative estimate of drug-likeness (QED) is 0.724. The van der Waals surface area contributed by atoms with Crippen LogP contribution in [0.1, 0.15) is 25.0 Å². The Balaban J connectivity index is 2.15. The summed E-state index contributed by atoms with van der Waals surface area (Å²) in [5.74, 6) is 11.4. The van der Waals surface area contributed by atoms with E-state index in [-0.39, 0.29) is 5.78 Å². The molecule has 0 aromatic heterocycles. The second kappa shape index (κ2) is 6.60. The van der Waals surface area contributed by atoms with Gasteiger partial charge in [0.1, 0.15) is 0 Å². The number of ketones is 1. The van der Waals surface area contributed by atoms with Crippen LogP contribution in [0.2, 0.25) is 0 Å². The Hall–Kier alpha value is -2.77. The molecule has 0 bridgehead atoms. The maximum absolute atomic E-state index is 12.2. The topological polar surface area (TPSA) is 17.1 Å². The third-order valence-electron chi connectivity index (χ3n) is 2.95. The van der Waals surface area contributed by atoms with Gasteiger partial charge in [0.15, 0.2) is 0 Å². The van der Waals surface area contributed by atoms with Crippen LogP contribution in [0, 0.1) is 29.1 Å². The highest BCUT2D eigenvalue weighted by Gasteiger charge is 2.23. The molecule has 2 rings (SSSR count). The molecule has 1 heteroatoms. The summed E-state index contributed by atoms with van der Waals surface area (Å²) in [6, 6.07) is 19.1. The average molecular weight is 272 g/mol. The number of hydrogen-bond donors (Lipinski definition) is 0. The molecule has 1 nitrogen and oxygen atoms in total. The second-order valence-electron chi connectivity index (χ2n) is 5.19. The van der Waals surface area contributed by atoms with E-state index in [1.165, 1.54) is 0 Å². The highest BCUT2D eigenvalue weighted by atomic mass is 16.1. The minimum atomic E-state index is -0.780. The van der Waals surface area contributed by atoms with Gasteiger partial charge >= 0.3 is 0 Å². The molecule has 0 atom stereocenters. The molecule has 2 aromatic carbocycles. The van der Waals surface area contributed by atoms with Crippen LogP contribution in [0.4, 0.5) is 0 Å². The first-order valence-corrected chi connectivity index (χ1v) is 6.78. The molecule has 0 unspecified atom stereocenters. The molecule has 0 saturated heterocycles. The molecule has 0 radical (unpaired) electrons. The molecule has 0 N–H and O–H groups in total. The fourth-order valence-corrected chi connectivity index (χ4v) is 1.61. The number of carbonyl (C=O) groups excluding carboxylic acids is 1. The zero-order valence-electron chi connectivity index (χ0n) is 12.2. The van der Waals surface area contributed by atoms with E-state index in [1.807, 2.05) is 60.7 Å². The van der Waals surface area contributed by atoms with Gasteiger partial charge in [0.2, 0.25) is 5.78 Å². The maximum Gasteiger partial charge on any atom is 0.223 e. The predicted octanol–water partition coefficient (Wildman–Crippen LogP) is 3.69. The summed E-state index contributed by atoms with van der Waals surface area (Å²) in [6.45, 7) is 3.59. The lowest BCUT2D eigenvalue weighted by molar-refractivity contribution is -0.118. The fourth-order valence-electron chi connectivity index (χ4n) is 1.61. The zero-order valence-corrected chi connectivity index (χ0v) is 12.2. The summed E-state index contributed by atoms with van der Waals surface area (Å²) in [5.41, 5.74) is 0.949. The van der Waals surface area contributed by atoms with Gasteiger partial charge in [-0.3, -0.25) is 4.79 Å². The largest absolute Gasteiger partial charge is 0.283 e. The number of Topliss-reactive ketones (excluding diaryl/α,β-unsaturated/α-hetero) is 1. The first-order chi connectivity index (χ1) is 10.1. The highest BCUT2D eigenvalue weighted by Crippen LogP contribution is 2.15. The Kier molecular flexibility index (Phi) is 4.60. The van der Waals surface area contributed by atoms with Gasteiger partial charge in [-0.05, 0) is 44.0 Å². The normalized spacial score (nSPS) is 9.81. The van der Waals surface area contributed by atoms with Gasteiger partial charge in [-0.25, -0.2) is 0 Å². The van der Waals surface area contributed by atoms with Crippen molar-refractivity contribution < 1.29 is 4.79 Å². The summed E-state index contributed by atoms with van der Waals surface area (Å²) < 4.78 is 0. The van der Waals surface area contributed by atoms with Crippen molar-refractivity contribution in [1.29, 1.82) is 0 Å². The maximum atomic E-state index is 12.2. The average Bonchev–Trinajstić information content (AvgIpc) is 2.52. The number of hydrogen-bond acceptors (Lipinski definition) is 1. The smallest absolute Gasteiger partial charge is 0.223 e. The van der Waals surface area contributed by atoms with Gasteiger partial charge in [-0.1, -0.05) is 54.2 Å². The van der Waals surface area contributed by atoms with E-state index < -0.39 is 5.41 Å². The molecule has 0 aliphatic carbocycles. The van der Waals surface area contributed by atoms with Gasteiger partial charge in [-0.2, -0.15) is 0 Å². The monoisotopic (exact) mass is 272 g/mol. The molecule has 21 heavy (non-hydrogen) atoms. The van der Waals surface area contributed by atoms with Crippen molar-refractivity contribution in [2.75, 3.05) is 0 Å². The standard InChI is InChI=1S/C20H16O/c1-20(2,16-15-18-11-7-4-8-12-18)19(21)14-13-17-9-5-3-6-10-17/h3-12H,1-2H3. The Morgan fingerprint density at radius 3 is 1.81 bits per heavy atom. The van der Waals surface area contributed by atoms with Crippen molar-refractivity contribution in [3.05, 3.63) is 71.8 Å². The lowest BCUT2D eigenvalue weighted by Crippen LogP contribution is -2.20. The SMILES string of the molecule is CC(C)(C#Cc1ccccc1)C(=O)C#Cc1ccccc1. The van der Waals surface area contributed by atoms with Gasteiger partial charge in [0, 0.05) is 11.1 Å². The van der Waals surface area contributed by atoms with Crippen molar-refractivity contribution in [1.82, 2.24) is 0 Å². The van der Waals surface area contributed by atoms with E-state index in [1.54, 1.807) is 13.8 Å². The lowest BCUT2D eigenvalue weighted by atomic mass is 9.88. The van der Waals surface area contributed by atoms with E-state index in [0.29, 0.717) is 0 Å². The summed E-state index contributed by atoms with van der Waals surface area (Å²) >= 11 is 0. The van der Waals surface area contributed by atoms with Crippen molar-refractivity contribution in [3.8, 4) is 23.7 Å². The van der Waals surface area contributed by atoms with Gasteiger partial charge in [0.05, 0.1) is 5.41 Å². The lowest BCUT2D eigenvalue weighted by Gasteiger charge is -2.10. The first kappa shape index (κ1) is 14.6. The number of rotatable bonds is 1. The van der Waals surface area contributed by atoms with Crippen molar-refractivity contribution in [2.45, 2.75) is 13.8 Å². The van der Waals surface area contributed by atoms with Crippen LogP contribution in [-0.2, 0) is 4.79 Å². The number of carbonyl (C=O) groups is 1. The molecule has 0 fully saturated rings. The van der Waals surface area contributed by atoms with Crippen LogP contribution in [0.25, 0.3) is 0 Å². The van der Waals surface area contributed by atoms with Gasteiger partial charge in [0.25, 0.3) is 0 Å². The Labute approximate surface area is 126 Å². The van der Waals surface area contributed by atoms with Crippen molar-refractivity contribution in [3.63, 3.8) is 0 Å². The van der Waals surface area contributed by atoms with Crippen LogP contribution in [-0.4, -0.2) is 5.78 Å². The van der Waals surface area contributed by atoms with Crippen molar-refractivity contribution >= 4 is 5.78 Å². The fraction of sp³-hybridized carbons (Fsp3) is 0.150. The molecular formula is C20H16O. The number of benzene rings is 2. The second-order valence-corrected chi connectivity index (χ2v) is 5.19. The molecule has 2 aromatic rings. The van der Waals surface area contributed by atoms with E-state index >= 15 is 0 Å². The molecule has 0 saturated carbocycles. The molecule has 0 amide bonds. The van der Waals surface area contributed by atoms with Gasteiger partial charge in [-0.15, -0.1) is 0 Å². The van der Waals surface area contributed by atoms with E-state index in [4.69, 9.17) is 0 Å². The van der Waals surface area contributed by atoms with Gasteiger partial charge < -0.3 is 0 Å². The molecular weight excluding hydrogens is 256 g/mol. The van der Waals surface area contributed by atoms with E-state index in [2.05, 4.69) is 23.7 Å². The summed E-state index contributed by atoms with van der Waals surface area (Å²) in [4.78, 5) is 12.2. The highest BCUT2D eigenvalue weighted by molar-refractivity contribution is 6.02. The molecule has 0 aliphatic heterocycles.